The van der Waals surface area contributed by atoms with Crippen molar-refractivity contribution in [3.05, 3.63) is 59.2 Å². The van der Waals surface area contributed by atoms with Crippen LogP contribution < -0.4 is 4.74 Å². The lowest BCUT2D eigenvalue weighted by Crippen LogP contribution is -1.87. The zero-order valence-electron chi connectivity index (χ0n) is 10.4. The quantitative estimate of drug-likeness (QED) is 0.503. The Morgan fingerprint density at radius 2 is 1.56 bits per heavy atom. The smallest absolute Gasteiger partial charge is 0.127 e. The molecule has 0 bridgehead atoms. The van der Waals surface area contributed by atoms with Crippen LogP contribution in [0, 0.1) is 13.8 Å². The lowest BCUT2D eigenvalue weighted by atomic mass is 10.1. The molecular weight excluding hydrogens is 226 g/mol. The summed E-state index contributed by atoms with van der Waals surface area (Å²) in [4.78, 5) is 0. The van der Waals surface area contributed by atoms with Gasteiger partial charge in [-0.3, -0.25) is 0 Å². The Hall–Kier alpha value is -2.29. The minimum absolute atomic E-state index is 0.759. The highest BCUT2D eigenvalue weighted by Crippen LogP contribution is 2.23. The summed E-state index contributed by atoms with van der Waals surface area (Å²) in [7, 11) is 0. The van der Waals surface area contributed by atoms with Gasteiger partial charge in [0.25, 0.3) is 0 Å². The lowest BCUT2D eigenvalue weighted by molar-refractivity contribution is 0.322. The van der Waals surface area contributed by atoms with Crippen molar-refractivity contribution in [1.29, 1.82) is 0 Å². The molecule has 0 aromatic heterocycles. The Morgan fingerprint density at radius 1 is 0.944 bits per heavy atom. The Bertz CT molecular complexity index is 539. The van der Waals surface area contributed by atoms with Crippen molar-refractivity contribution in [3.8, 4) is 11.5 Å². The fraction of sp³-hybridized carbons (Fsp3) is 0.133. The van der Waals surface area contributed by atoms with Gasteiger partial charge in [-0.2, -0.15) is 0 Å². The van der Waals surface area contributed by atoms with Crippen LogP contribution in [-0.2, 0) is 0 Å². The fourth-order valence-corrected chi connectivity index (χ4v) is 1.82. The molecule has 0 saturated heterocycles. The molecule has 0 aliphatic heterocycles. The average Bonchev–Trinajstić information content (AvgIpc) is 2.31. The summed E-state index contributed by atoms with van der Waals surface area (Å²) in [5.74, 6) is 1.59. The van der Waals surface area contributed by atoms with Gasteiger partial charge >= 0.3 is 0 Å². The number of benzene rings is 2. The van der Waals surface area contributed by atoms with Gasteiger partial charge in [0.1, 0.15) is 11.5 Å². The number of hydrogen-bond donors (Lipinski definition) is 1. The van der Waals surface area contributed by atoms with E-state index in [9.17, 15) is 0 Å². The predicted molar refractivity (Wildman–Crippen MR) is 71.8 cm³/mol. The second kappa shape index (κ2) is 5.36. The highest BCUT2D eigenvalue weighted by Gasteiger charge is 1.99. The van der Waals surface area contributed by atoms with Gasteiger partial charge < -0.3 is 9.94 Å². The van der Waals surface area contributed by atoms with Gasteiger partial charge in [-0.15, -0.1) is 0 Å². The van der Waals surface area contributed by atoms with Gasteiger partial charge in [0, 0.05) is 0 Å². The average molecular weight is 241 g/mol. The summed E-state index contributed by atoms with van der Waals surface area (Å²) in [5, 5.41) is 11.4. The normalized spacial score (nSPS) is 10.8. The SMILES string of the molecule is Cc1cc(C)cc(Oc2ccc(C=NO)cc2)c1. The molecule has 0 atom stereocenters. The molecule has 2 aromatic rings. The van der Waals surface area contributed by atoms with E-state index in [2.05, 4.69) is 11.2 Å². The Kier molecular flexibility index (Phi) is 3.63. The molecule has 0 aliphatic carbocycles. The largest absolute Gasteiger partial charge is 0.457 e. The van der Waals surface area contributed by atoms with Gasteiger partial charge in [-0.05, 0) is 66.9 Å². The molecular formula is C15H15NO2. The maximum Gasteiger partial charge on any atom is 0.127 e. The zero-order valence-corrected chi connectivity index (χ0v) is 10.4. The Balaban J connectivity index is 2.18. The van der Waals surface area contributed by atoms with Crippen LogP contribution in [0.25, 0.3) is 0 Å². The van der Waals surface area contributed by atoms with E-state index in [1.54, 1.807) is 0 Å². The van der Waals surface area contributed by atoms with Crippen molar-refractivity contribution in [2.75, 3.05) is 0 Å². The molecule has 0 aliphatic rings. The summed E-state index contributed by atoms with van der Waals surface area (Å²) < 4.78 is 5.77. The van der Waals surface area contributed by atoms with E-state index in [1.807, 2.05) is 50.2 Å². The van der Waals surface area contributed by atoms with E-state index in [1.165, 1.54) is 17.3 Å². The van der Waals surface area contributed by atoms with Crippen molar-refractivity contribution in [1.82, 2.24) is 0 Å². The van der Waals surface area contributed by atoms with E-state index < -0.39 is 0 Å². The third kappa shape index (κ3) is 3.10. The van der Waals surface area contributed by atoms with E-state index >= 15 is 0 Å². The minimum atomic E-state index is 0.759. The number of oxime groups is 1. The van der Waals surface area contributed by atoms with E-state index in [-0.39, 0.29) is 0 Å². The highest BCUT2D eigenvalue weighted by atomic mass is 16.5. The first-order chi connectivity index (χ1) is 8.67. The lowest BCUT2D eigenvalue weighted by Gasteiger charge is -2.07. The number of aryl methyl sites for hydroxylation is 2. The van der Waals surface area contributed by atoms with Crippen LogP contribution in [0.5, 0.6) is 11.5 Å². The van der Waals surface area contributed by atoms with Crippen molar-refractivity contribution >= 4 is 6.21 Å². The molecule has 2 aromatic carbocycles. The third-order valence-electron chi connectivity index (χ3n) is 2.52. The molecule has 0 saturated carbocycles. The molecule has 0 unspecified atom stereocenters. The first kappa shape index (κ1) is 12.2. The van der Waals surface area contributed by atoms with Gasteiger partial charge in [-0.25, -0.2) is 0 Å². The summed E-state index contributed by atoms with van der Waals surface area (Å²) in [6.07, 6.45) is 1.38. The predicted octanol–water partition coefficient (Wildman–Crippen LogP) is 3.90. The molecule has 0 radical (unpaired) electrons. The zero-order chi connectivity index (χ0) is 13.0. The summed E-state index contributed by atoms with van der Waals surface area (Å²) in [5.41, 5.74) is 3.17. The maximum atomic E-state index is 8.42. The van der Waals surface area contributed by atoms with Crippen LogP contribution in [0.3, 0.4) is 0 Å². The van der Waals surface area contributed by atoms with Crippen LogP contribution in [0.2, 0.25) is 0 Å². The first-order valence-corrected chi connectivity index (χ1v) is 5.71. The Labute approximate surface area is 106 Å². The number of nitrogens with zero attached hydrogens (tertiary/aromatic N) is 1. The highest BCUT2D eigenvalue weighted by molar-refractivity contribution is 5.79. The second-order valence-corrected chi connectivity index (χ2v) is 4.24. The standard InChI is InChI=1S/C15H15NO2/c1-11-7-12(2)9-15(8-11)18-14-5-3-13(4-6-14)10-16-17/h3-10,17H,1-2H3. The van der Waals surface area contributed by atoms with Crippen molar-refractivity contribution in [2.45, 2.75) is 13.8 Å². The van der Waals surface area contributed by atoms with E-state index in [0.29, 0.717) is 0 Å². The molecule has 0 amide bonds. The molecule has 18 heavy (non-hydrogen) atoms. The molecule has 3 nitrogen and oxygen atoms in total. The molecule has 0 spiro atoms. The topological polar surface area (TPSA) is 41.8 Å². The number of hydrogen-bond acceptors (Lipinski definition) is 3. The molecule has 2 rings (SSSR count). The van der Waals surface area contributed by atoms with E-state index in [4.69, 9.17) is 9.94 Å². The summed E-state index contributed by atoms with van der Waals surface area (Å²) in [6.45, 7) is 4.08. The van der Waals surface area contributed by atoms with Crippen LogP contribution in [0.15, 0.2) is 47.6 Å². The minimum Gasteiger partial charge on any atom is -0.457 e. The molecule has 0 fully saturated rings. The van der Waals surface area contributed by atoms with Gasteiger partial charge in [0.15, 0.2) is 0 Å². The summed E-state index contributed by atoms with van der Waals surface area (Å²) in [6, 6.07) is 13.4. The summed E-state index contributed by atoms with van der Waals surface area (Å²) >= 11 is 0. The van der Waals surface area contributed by atoms with Crippen molar-refractivity contribution < 1.29 is 9.94 Å². The molecule has 0 heterocycles. The van der Waals surface area contributed by atoms with Crippen LogP contribution >= 0.6 is 0 Å². The number of rotatable bonds is 3. The first-order valence-electron chi connectivity index (χ1n) is 5.71. The number of ether oxygens (including phenoxy) is 1. The third-order valence-corrected chi connectivity index (χ3v) is 2.52. The van der Waals surface area contributed by atoms with Gasteiger partial charge in [-0.1, -0.05) is 11.2 Å². The maximum absolute atomic E-state index is 8.42. The fourth-order valence-electron chi connectivity index (χ4n) is 1.82. The van der Waals surface area contributed by atoms with Crippen molar-refractivity contribution in [3.63, 3.8) is 0 Å². The monoisotopic (exact) mass is 241 g/mol. The second-order valence-electron chi connectivity index (χ2n) is 4.24. The van der Waals surface area contributed by atoms with Gasteiger partial charge in [0.05, 0.1) is 6.21 Å². The Morgan fingerprint density at radius 3 is 2.11 bits per heavy atom. The van der Waals surface area contributed by atoms with Crippen molar-refractivity contribution in [2.24, 2.45) is 5.16 Å². The van der Waals surface area contributed by atoms with Crippen LogP contribution in [0.4, 0.5) is 0 Å². The molecule has 1 N–H and O–H groups in total. The van der Waals surface area contributed by atoms with E-state index in [0.717, 1.165) is 17.1 Å². The van der Waals surface area contributed by atoms with Gasteiger partial charge in [0.2, 0.25) is 0 Å². The van der Waals surface area contributed by atoms with Crippen LogP contribution in [0.1, 0.15) is 16.7 Å². The van der Waals surface area contributed by atoms with Crippen LogP contribution in [-0.4, -0.2) is 11.4 Å². The molecule has 3 heteroatoms. The molecule has 92 valence electrons.